The number of benzene rings is 1. The summed E-state index contributed by atoms with van der Waals surface area (Å²) < 4.78 is 37.3. The summed E-state index contributed by atoms with van der Waals surface area (Å²) in [5.74, 6) is 2.12. The summed E-state index contributed by atoms with van der Waals surface area (Å²) in [5.41, 5.74) is 1.21. The molecule has 28 heavy (non-hydrogen) atoms. The van der Waals surface area contributed by atoms with E-state index in [0.717, 1.165) is 56.7 Å². The number of hydrogen-bond acceptors (Lipinski definition) is 5. The minimum Gasteiger partial charge on any atom is -0.493 e. The van der Waals surface area contributed by atoms with Gasteiger partial charge in [-0.3, -0.25) is 0 Å². The van der Waals surface area contributed by atoms with Crippen LogP contribution in [0.1, 0.15) is 52.0 Å². The number of sulfonamides is 1. The first-order chi connectivity index (χ1) is 13.2. The molecule has 1 saturated carbocycles. The summed E-state index contributed by atoms with van der Waals surface area (Å²) in [6.45, 7) is 7.11. The molecule has 0 amide bonds. The van der Waals surface area contributed by atoms with Gasteiger partial charge in [0.2, 0.25) is 10.0 Å². The van der Waals surface area contributed by atoms with Crippen LogP contribution in [-0.2, 0) is 16.4 Å². The molecule has 0 unspecified atom stereocenters. The molecule has 0 saturated heterocycles. The molecule has 6 nitrogen and oxygen atoms in total. The van der Waals surface area contributed by atoms with Crippen LogP contribution in [0.2, 0.25) is 0 Å². The van der Waals surface area contributed by atoms with Crippen LogP contribution in [0.25, 0.3) is 0 Å². The van der Waals surface area contributed by atoms with E-state index >= 15 is 0 Å². The van der Waals surface area contributed by atoms with Gasteiger partial charge in [-0.15, -0.1) is 0 Å². The lowest BCUT2D eigenvalue weighted by Crippen LogP contribution is -2.46. The maximum absolute atomic E-state index is 12.3. The molecule has 0 atom stereocenters. The van der Waals surface area contributed by atoms with Gasteiger partial charge < -0.3 is 14.8 Å². The molecule has 0 aliphatic heterocycles. The van der Waals surface area contributed by atoms with Gasteiger partial charge in [0.05, 0.1) is 19.0 Å². The van der Waals surface area contributed by atoms with Gasteiger partial charge in [0.25, 0.3) is 0 Å². The van der Waals surface area contributed by atoms with Gasteiger partial charge in [0.1, 0.15) is 0 Å². The molecule has 0 bridgehead atoms. The highest BCUT2D eigenvalue weighted by Gasteiger charge is 2.32. The zero-order valence-corrected chi connectivity index (χ0v) is 18.7. The lowest BCUT2D eigenvalue weighted by molar-refractivity contribution is 0.302. The van der Waals surface area contributed by atoms with E-state index in [0.29, 0.717) is 5.92 Å². The van der Waals surface area contributed by atoms with Gasteiger partial charge >= 0.3 is 0 Å². The molecule has 1 aromatic rings. The molecule has 2 rings (SSSR count). The normalized spacial score (nSPS) is 20.8. The number of nitrogens with one attached hydrogen (secondary N) is 2. The monoisotopic (exact) mass is 412 g/mol. The first-order valence-corrected chi connectivity index (χ1v) is 11.6. The summed E-state index contributed by atoms with van der Waals surface area (Å²) in [7, 11) is 0.0293. The van der Waals surface area contributed by atoms with E-state index in [2.05, 4.69) is 16.1 Å². The Kier molecular flexibility index (Phi) is 8.16. The van der Waals surface area contributed by atoms with Crippen LogP contribution in [0.3, 0.4) is 0 Å². The molecular weight excluding hydrogens is 376 g/mol. The Morgan fingerprint density at radius 2 is 1.68 bits per heavy atom. The summed E-state index contributed by atoms with van der Waals surface area (Å²) in [4.78, 5) is 0. The lowest BCUT2D eigenvalue weighted by Gasteiger charge is -2.31. The standard InChI is InChI=1S/C21H36N2O4S/c1-21(2,3)28(24,25)23-18-9-6-17(7-10-18)15-22-13-12-16-8-11-19(26-4)20(14-16)27-5/h8,11,14,17-18,22-23H,6-7,9-10,12-13,15H2,1-5H3. The molecule has 1 aliphatic carbocycles. The van der Waals surface area contributed by atoms with Crippen molar-refractivity contribution in [3.8, 4) is 11.5 Å². The predicted octanol–water partition coefficient (Wildman–Crippen LogP) is 3.11. The molecule has 0 spiro atoms. The van der Waals surface area contributed by atoms with Gasteiger partial charge in [-0.1, -0.05) is 6.07 Å². The van der Waals surface area contributed by atoms with Crippen LogP contribution >= 0.6 is 0 Å². The zero-order valence-electron chi connectivity index (χ0n) is 17.9. The van der Waals surface area contributed by atoms with E-state index in [-0.39, 0.29) is 6.04 Å². The second-order valence-electron chi connectivity index (χ2n) is 8.59. The largest absolute Gasteiger partial charge is 0.493 e. The van der Waals surface area contributed by atoms with Crippen LogP contribution in [0, 0.1) is 5.92 Å². The molecule has 1 fully saturated rings. The molecule has 7 heteroatoms. The SMILES string of the molecule is COc1ccc(CCNCC2CCC(NS(=O)(=O)C(C)(C)C)CC2)cc1OC. The topological polar surface area (TPSA) is 76.7 Å². The Bertz CT molecular complexity index is 720. The summed E-state index contributed by atoms with van der Waals surface area (Å²) >= 11 is 0. The molecule has 1 aliphatic rings. The van der Waals surface area contributed by atoms with Crippen molar-refractivity contribution in [3.63, 3.8) is 0 Å². The van der Waals surface area contributed by atoms with Gasteiger partial charge in [-0.05, 0) is 89.6 Å². The highest BCUT2D eigenvalue weighted by atomic mass is 32.2. The van der Waals surface area contributed by atoms with Crippen LogP contribution in [0.5, 0.6) is 11.5 Å². The van der Waals surface area contributed by atoms with Crippen molar-refractivity contribution in [2.45, 2.75) is 63.7 Å². The molecule has 160 valence electrons. The van der Waals surface area contributed by atoms with Crippen molar-refractivity contribution >= 4 is 10.0 Å². The van der Waals surface area contributed by atoms with E-state index in [4.69, 9.17) is 9.47 Å². The molecule has 0 radical (unpaired) electrons. The minimum atomic E-state index is -3.26. The fraction of sp³-hybridized carbons (Fsp3) is 0.714. The van der Waals surface area contributed by atoms with E-state index < -0.39 is 14.8 Å². The first-order valence-electron chi connectivity index (χ1n) is 10.1. The Morgan fingerprint density at radius 1 is 1.04 bits per heavy atom. The number of ether oxygens (including phenoxy) is 2. The van der Waals surface area contributed by atoms with E-state index in [1.54, 1.807) is 35.0 Å². The highest BCUT2D eigenvalue weighted by molar-refractivity contribution is 7.90. The van der Waals surface area contributed by atoms with Crippen molar-refractivity contribution in [1.29, 1.82) is 0 Å². The first kappa shape index (κ1) is 23.0. The molecule has 0 heterocycles. The van der Waals surface area contributed by atoms with Crippen LogP contribution in [0.15, 0.2) is 18.2 Å². The maximum atomic E-state index is 12.3. The molecule has 2 N–H and O–H groups in total. The maximum Gasteiger partial charge on any atom is 0.216 e. The van der Waals surface area contributed by atoms with Crippen LogP contribution in [0.4, 0.5) is 0 Å². The lowest BCUT2D eigenvalue weighted by atomic mass is 9.86. The van der Waals surface area contributed by atoms with Gasteiger partial charge in [-0.25, -0.2) is 13.1 Å². The fourth-order valence-electron chi connectivity index (χ4n) is 3.46. The zero-order chi connectivity index (χ0) is 20.8. The third-order valence-corrected chi connectivity index (χ3v) is 7.70. The second-order valence-corrected chi connectivity index (χ2v) is 11.1. The van der Waals surface area contributed by atoms with Crippen molar-refractivity contribution in [2.75, 3.05) is 27.3 Å². The Hall–Kier alpha value is -1.31. The Morgan fingerprint density at radius 3 is 2.25 bits per heavy atom. The molecule has 0 aromatic heterocycles. The van der Waals surface area contributed by atoms with Crippen LogP contribution < -0.4 is 19.5 Å². The van der Waals surface area contributed by atoms with E-state index in [1.807, 2.05) is 12.1 Å². The van der Waals surface area contributed by atoms with Gasteiger partial charge in [-0.2, -0.15) is 0 Å². The van der Waals surface area contributed by atoms with Crippen molar-refractivity contribution in [2.24, 2.45) is 5.92 Å². The Balaban J connectivity index is 1.69. The number of methoxy groups -OCH3 is 2. The van der Waals surface area contributed by atoms with E-state index in [1.165, 1.54) is 5.56 Å². The summed E-state index contributed by atoms with van der Waals surface area (Å²) in [6, 6.07) is 6.10. The second kappa shape index (κ2) is 9.94. The third kappa shape index (κ3) is 6.36. The summed E-state index contributed by atoms with van der Waals surface area (Å²) in [5, 5.41) is 3.55. The number of rotatable bonds is 9. The molecular formula is C21H36N2O4S. The number of hydrogen-bond donors (Lipinski definition) is 2. The Labute approximate surface area is 170 Å². The minimum absolute atomic E-state index is 0.0761. The van der Waals surface area contributed by atoms with Gasteiger partial charge in [0, 0.05) is 6.04 Å². The average molecular weight is 413 g/mol. The highest BCUT2D eigenvalue weighted by Crippen LogP contribution is 2.28. The van der Waals surface area contributed by atoms with Crippen LogP contribution in [-0.4, -0.2) is 46.5 Å². The fourth-order valence-corrected chi connectivity index (χ4v) is 4.48. The van der Waals surface area contributed by atoms with E-state index in [9.17, 15) is 8.42 Å². The van der Waals surface area contributed by atoms with Crippen molar-refractivity contribution < 1.29 is 17.9 Å². The van der Waals surface area contributed by atoms with Crippen molar-refractivity contribution in [1.82, 2.24) is 10.0 Å². The third-order valence-electron chi connectivity index (χ3n) is 5.45. The smallest absolute Gasteiger partial charge is 0.216 e. The summed E-state index contributed by atoms with van der Waals surface area (Å²) in [6.07, 6.45) is 4.87. The average Bonchev–Trinajstić information content (AvgIpc) is 2.65. The quantitative estimate of drug-likeness (QED) is 0.610. The van der Waals surface area contributed by atoms with Gasteiger partial charge in [0.15, 0.2) is 11.5 Å². The predicted molar refractivity (Wildman–Crippen MR) is 114 cm³/mol. The molecule has 1 aromatic carbocycles. The van der Waals surface area contributed by atoms with Crippen molar-refractivity contribution in [3.05, 3.63) is 23.8 Å².